The molecule has 0 aliphatic rings. The second-order valence-electron chi connectivity index (χ2n) is 10.9. The van der Waals surface area contributed by atoms with Crippen LogP contribution >= 0.6 is 0 Å². The number of carbonyl (C=O) groups is 2. The van der Waals surface area contributed by atoms with E-state index in [1.165, 1.54) is 5.01 Å². The molecule has 3 heterocycles. The third-order valence-corrected chi connectivity index (χ3v) is 7.65. The number of hydrogen-bond donors (Lipinski definition) is 3. The summed E-state index contributed by atoms with van der Waals surface area (Å²) in [6.45, 7) is 10.4. The van der Waals surface area contributed by atoms with Gasteiger partial charge in [0.15, 0.2) is 0 Å². The van der Waals surface area contributed by atoms with Gasteiger partial charge < -0.3 is 20.0 Å². The SMILES string of the molecule is CCOC(=O)c1c(CCCCCn2nc(C)cc2C(=O)Nc2nc3c(N(C)N)cccc3n2CCCCN)c(C)nn1CC. The smallest absolute Gasteiger partial charge is 0.356 e. The topological polar surface area (TPSA) is 164 Å². The summed E-state index contributed by atoms with van der Waals surface area (Å²) in [4.78, 5) is 31.0. The average Bonchev–Trinajstić information content (AvgIpc) is 3.65. The van der Waals surface area contributed by atoms with Crippen LogP contribution in [0.4, 0.5) is 11.6 Å². The lowest BCUT2D eigenvalue weighted by molar-refractivity contribution is 0.0510. The van der Waals surface area contributed by atoms with Crippen molar-refractivity contribution in [1.82, 2.24) is 29.1 Å². The van der Waals surface area contributed by atoms with Gasteiger partial charge in [-0.3, -0.25) is 19.5 Å². The molecule has 0 aliphatic heterocycles. The molecule has 1 amide bonds. The molecule has 44 heavy (non-hydrogen) atoms. The number of hydrazine groups is 1. The zero-order valence-corrected chi connectivity index (χ0v) is 26.6. The minimum Gasteiger partial charge on any atom is -0.461 e. The summed E-state index contributed by atoms with van der Waals surface area (Å²) in [5.74, 6) is 5.93. The molecule has 0 unspecified atom stereocenters. The van der Waals surface area contributed by atoms with Crippen LogP contribution in [0.2, 0.25) is 0 Å². The molecule has 13 nitrogen and oxygen atoms in total. The van der Waals surface area contributed by atoms with Crippen LogP contribution in [0.1, 0.15) is 83.9 Å². The third-order valence-electron chi connectivity index (χ3n) is 7.65. The van der Waals surface area contributed by atoms with Gasteiger partial charge in [-0.2, -0.15) is 10.2 Å². The first-order valence-corrected chi connectivity index (χ1v) is 15.5. The Hall–Kier alpha value is -4.23. The Morgan fingerprint density at radius 1 is 1.02 bits per heavy atom. The van der Waals surface area contributed by atoms with Gasteiger partial charge >= 0.3 is 5.97 Å². The first-order valence-electron chi connectivity index (χ1n) is 15.5. The van der Waals surface area contributed by atoms with E-state index in [2.05, 4.69) is 15.5 Å². The Bertz CT molecular complexity index is 1580. The number of ether oxygens (including phenoxy) is 1. The lowest BCUT2D eigenvalue weighted by Gasteiger charge is -2.13. The normalized spacial score (nSPS) is 11.3. The summed E-state index contributed by atoms with van der Waals surface area (Å²) in [5.41, 5.74) is 11.7. The Morgan fingerprint density at radius 3 is 2.50 bits per heavy atom. The molecule has 0 bridgehead atoms. The van der Waals surface area contributed by atoms with Gasteiger partial charge in [-0.25, -0.2) is 15.6 Å². The largest absolute Gasteiger partial charge is 0.461 e. The lowest BCUT2D eigenvalue weighted by Crippen LogP contribution is -2.25. The van der Waals surface area contributed by atoms with E-state index in [0.717, 1.165) is 72.2 Å². The molecule has 0 atom stereocenters. The van der Waals surface area contributed by atoms with E-state index in [4.69, 9.17) is 21.3 Å². The van der Waals surface area contributed by atoms with Crippen LogP contribution in [0.15, 0.2) is 24.3 Å². The summed E-state index contributed by atoms with van der Waals surface area (Å²) in [6, 6.07) is 7.61. The van der Waals surface area contributed by atoms with Crippen LogP contribution in [-0.4, -0.2) is 61.2 Å². The summed E-state index contributed by atoms with van der Waals surface area (Å²) in [7, 11) is 1.76. The fourth-order valence-electron chi connectivity index (χ4n) is 5.53. The fraction of sp³-hybridized carbons (Fsp3) is 0.516. The molecule has 238 valence electrons. The van der Waals surface area contributed by atoms with E-state index in [1.54, 1.807) is 29.4 Å². The number of hydrogen-bond acceptors (Lipinski definition) is 9. The number of anilines is 2. The number of aryl methyl sites for hydroxylation is 5. The molecule has 5 N–H and O–H groups in total. The van der Waals surface area contributed by atoms with Gasteiger partial charge in [-0.05, 0) is 84.5 Å². The number of amides is 1. The fourth-order valence-corrected chi connectivity index (χ4v) is 5.53. The quantitative estimate of drug-likeness (QED) is 0.0741. The molecule has 3 aromatic heterocycles. The van der Waals surface area contributed by atoms with Gasteiger partial charge in [-0.15, -0.1) is 0 Å². The number of fused-ring (bicyclic) bond motifs is 1. The highest BCUT2D eigenvalue weighted by molar-refractivity contribution is 6.03. The van der Waals surface area contributed by atoms with Crippen LogP contribution < -0.4 is 21.9 Å². The number of para-hydroxylation sites is 1. The predicted octanol–water partition coefficient (Wildman–Crippen LogP) is 3.96. The number of unbranched alkanes of at least 4 members (excludes halogenated alkanes) is 3. The highest BCUT2D eigenvalue weighted by Crippen LogP contribution is 2.28. The maximum Gasteiger partial charge on any atom is 0.356 e. The summed E-state index contributed by atoms with van der Waals surface area (Å²) in [6.07, 6.45) is 5.03. The first kappa shape index (κ1) is 32.7. The molecule has 1 aromatic carbocycles. The number of aromatic nitrogens is 6. The van der Waals surface area contributed by atoms with Gasteiger partial charge in [0.05, 0.1) is 29.2 Å². The van der Waals surface area contributed by atoms with E-state index in [0.29, 0.717) is 50.1 Å². The molecule has 0 fully saturated rings. The van der Waals surface area contributed by atoms with Crippen molar-refractivity contribution >= 4 is 34.5 Å². The predicted molar refractivity (Wildman–Crippen MR) is 172 cm³/mol. The van der Waals surface area contributed by atoms with Crippen molar-refractivity contribution in [2.45, 2.75) is 85.9 Å². The standard InChI is InChI=1S/C31H46N10O3/c1-6-40-28(30(43)44-7-2)23(22(4)37-40)14-9-8-11-19-41-26(20-21(3)36-41)29(42)35-31-34-27-24(38(5)33)15-13-16-25(27)39(31)18-12-10-17-32/h13,15-16,20H,6-12,14,17-19,32-33H2,1-5H3,(H,34,35,42). The Labute approximate surface area is 258 Å². The molecule has 4 aromatic rings. The number of imidazole rings is 1. The van der Waals surface area contributed by atoms with Crippen molar-refractivity contribution in [3.63, 3.8) is 0 Å². The number of carbonyl (C=O) groups excluding carboxylic acids is 2. The maximum atomic E-state index is 13.6. The minimum absolute atomic E-state index is 0.273. The summed E-state index contributed by atoms with van der Waals surface area (Å²) < 4.78 is 10.8. The second-order valence-corrected chi connectivity index (χ2v) is 10.9. The number of nitrogens with two attached hydrogens (primary N) is 2. The highest BCUT2D eigenvalue weighted by Gasteiger charge is 2.23. The zero-order chi connectivity index (χ0) is 31.8. The molecular weight excluding hydrogens is 560 g/mol. The average molecular weight is 607 g/mol. The third kappa shape index (κ3) is 7.28. The van der Waals surface area contributed by atoms with Gasteiger partial charge in [0, 0.05) is 32.2 Å². The van der Waals surface area contributed by atoms with Crippen LogP contribution in [-0.2, 0) is 30.8 Å². The summed E-state index contributed by atoms with van der Waals surface area (Å²) in [5, 5.41) is 13.7. The number of rotatable bonds is 16. The molecule has 4 rings (SSSR count). The molecule has 0 saturated carbocycles. The van der Waals surface area contributed by atoms with Gasteiger partial charge in [0.1, 0.15) is 16.9 Å². The molecule has 0 saturated heterocycles. The van der Waals surface area contributed by atoms with E-state index in [9.17, 15) is 9.59 Å². The van der Waals surface area contributed by atoms with Gasteiger partial charge in [0.25, 0.3) is 5.91 Å². The van der Waals surface area contributed by atoms with Gasteiger partial charge in [0.2, 0.25) is 5.95 Å². The zero-order valence-electron chi connectivity index (χ0n) is 26.6. The number of benzene rings is 1. The van der Waals surface area contributed by atoms with E-state index < -0.39 is 0 Å². The van der Waals surface area contributed by atoms with E-state index in [1.807, 2.05) is 43.5 Å². The highest BCUT2D eigenvalue weighted by atomic mass is 16.5. The molecule has 0 radical (unpaired) electrons. The number of nitrogens with one attached hydrogen (secondary N) is 1. The van der Waals surface area contributed by atoms with Crippen molar-refractivity contribution in [3.05, 3.63) is 52.6 Å². The summed E-state index contributed by atoms with van der Waals surface area (Å²) >= 11 is 0. The van der Waals surface area contributed by atoms with E-state index >= 15 is 0 Å². The van der Waals surface area contributed by atoms with Gasteiger partial charge in [-0.1, -0.05) is 12.5 Å². The van der Waals surface area contributed by atoms with Crippen molar-refractivity contribution in [1.29, 1.82) is 0 Å². The second kappa shape index (κ2) is 15.0. The van der Waals surface area contributed by atoms with Crippen molar-refractivity contribution in [3.8, 4) is 0 Å². The Morgan fingerprint density at radius 2 is 1.80 bits per heavy atom. The monoisotopic (exact) mass is 606 g/mol. The maximum absolute atomic E-state index is 13.6. The van der Waals surface area contributed by atoms with Crippen LogP contribution in [0.3, 0.4) is 0 Å². The van der Waals surface area contributed by atoms with Crippen molar-refractivity contribution < 1.29 is 14.3 Å². The van der Waals surface area contributed by atoms with E-state index in [-0.39, 0.29) is 11.9 Å². The number of esters is 1. The number of nitrogens with zero attached hydrogens (tertiary/aromatic N) is 7. The van der Waals surface area contributed by atoms with Crippen LogP contribution in [0.5, 0.6) is 0 Å². The minimum atomic E-state index is -0.327. The van der Waals surface area contributed by atoms with Crippen LogP contribution in [0, 0.1) is 13.8 Å². The Kier molecular flexibility index (Phi) is 11.1. The molecule has 0 spiro atoms. The molecule has 13 heteroatoms. The Balaban J connectivity index is 1.44. The van der Waals surface area contributed by atoms with Crippen molar-refractivity contribution in [2.24, 2.45) is 11.6 Å². The lowest BCUT2D eigenvalue weighted by atomic mass is 10.0. The first-order chi connectivity index (χ1) is 21.2. The molecule has 0 aliphatic carbocycles. The molecular formula is C31H46N10O3. The van der Waals surface area contributed by atoms with Crippen molar-refractivity contribution in [2.75, 3.05) is 30.5 Å². The van der Waals surface area contributed by atoms with Crippen LogP contribution in [0.25, 0.3) is 11.0 Å².